The van der Waals surface area contributed by atoms with E-state index in [1.54, 1.807) is 18.2 Å². The number of carboxylic acid groups (broad SMARTS) is 1. The van der Waals surface area contributed by atoms with Gasteiger partial charge in [0.2, 0.25) is 0 Å². The molecule has 0 aliphatic heterocycles. The molecule has 4 rings (SSSR count). The monoisotopic (exact) mass is 504 g/mol. The molecular weight excluding hydrogens is 477 g/mol. The van der Waals surface area contributed by atoms with Crippen molar-refractivity contribution in [2.75, 3.05) is 6.61 Å². The van der Waals surface area contributed by atoms with E-state index in [1.165, 1.54) is 19.9 Å². The van der Waals surface area contributed by atoms with Crippen LogP contribution in [0.15, 0.2) is 47.1 Å². The molecule has 0 radical (unpaired) electrons. The number of hydrogen-bond acceptors (Lipinski definition) is 5. The fourth-order valence-corrected chi connectivity index (χ4v) is 4.06. The van der Waals surface area contributed by atoms with Gasteiger partial charge < -0.3 is 23.7 Å². The second-order valence-corrected chi connectivity index (χ2v) is 9.05. The van der Waals surface area contributed by atoms with E-state index in [1.807, 2.05) is 29.8 Å². The van der Waals surface area contributed by atoms with Gasteiger partial charge in [0.25, 0.3) is 0 Å². The van der Waals surface area contributed by atoms with Crippen LogP contribution in [0.1, 0.15) is 44.9 Å². The molecule has 192 valence electrons. The first kappa shape index (κ1) is 25.4. The third-order valence-corrected chi connectivity index (χ3v) is 5.90. The van der Waals surface area contributed by atoms with Crippen LogP contribution in [0.25, 0.3) is 21.9 Å². The van der Waals surface area contributed by atoms with Crippen molar-refractivity contribution in [3.05, 3.63) is 53.9 Å². The molecule has 0 aliphatic carbocycles. The second-order valence-electron chi connectivity index (χ2n) is 9.05. The zero-order chi connectivity index (χ0) is 26.1. The summed E-state index contributed by atoms with van der Waals surface area (Å²) in [4.78, 5) is 11.3. The smallest absolute Gasteiger partial charge is 0.437 e. The number of alkyl halides is 3. The normalized spacial score (nSPS) is 12.4. The van der Waals surface area contributed by atoms with Crippen LogP contribution in [0.2, 0.25) is 0 Å². The SMILES string of the molecule is CCCc1c(OCCCn2ccc3cc(OC(C)(C)C(=O)O)ccc32)ccc2c(C(F)(F)F)noc12. The maximum absolute atomic E-state index is 13.2. The summed E-state index contributed by atoms with van der Waals surface area (Å²) in [7, 11) is 0. The number of aromatic nitrogens is 2. The van der Waals surface area contributed by atoms with Crippen molar-refractivity contribution in [1.29, 1.82) is 0 Å². The molecule has 2 aromatic carbocycles. The first-order valence-corrected chi connectivity index (χ1v) is 11.6. The van der Waals surface area contributed by atoms with E-state index in [4.69, 9.17) is 14.0 Å². The Bertz CT molecular complexity index is 1390. The van der Waals surface area contributed by atoms with Gasteiger partial charge in [-0.05, 0) is 63.1 Å². The lowest BCUT2D eigenvalue weighted by Crippen LogP contribution is -2.37. The van der Waals surface area contributed by atoms with Crippen LogP contribution in [0.3, 0.4) is 0 Å². The summed E-state index contributed by atoms with van der Waals surface area (Å²) in [6.45, 7) is 5.92. The summed E-state index contributed by atoms with van der Waals surface area (Å²) >= 11 is 0. The van der Waals surface area contributed by atoms with Crippen molar-refractivity contribution < 1.29 is 37.1 Å². The van der Waals surface area contributed by atoms with Crippen LogP contribution in [0.4, 0.5) is 13.2 Å². The van der Waals surface area contributed by atoms with Crippen LogP contribution in [-0.4, -0.2) is 33.0 Å². The fraction of sp³-hybridized carbons (Fsp3) is 0.385. The molecule has 0 aliphatic rings. The largest absolute Gasteiger partial charge is 0.493 e. The fourth-order valence-electron chi connectivity index (χ4n) is 4.06. The van der Waals surface area contributed by atoms with Gasteiger partial charge in [0.15, 0.2) is 16.9 Å². The van der Waals surface area contributed by atoms with Crippen LogP contribution < -0.4 is 9.47 Å². The second kappa shape index (κ2) is 9.75. The van der Waals surface area contributed by atoms with Gasteiger partial charge in [-0.3, -0.25) is 0 Å². The molecule has 0 spiro atoms. The quantitative estimate of drug-likeness (QED) is 0.249. The van der Waals surface area contributed by atoms with Gasteiger partial charge >= 0.3 is 12.1 Å². The van der Waals surface area contributed by atoms with Gasteiger partial charge in [-0.1, -0.05) is 18.5 Å². The predicted molar refractivity (Wildman–Crippen MR) is 127 cm³/mol. The topological polar surface area (TPSA) is 86.7 Å². The van der Waals surface area contributed by atoms with E-state index in [0.29, 0.717) is 49.5 Å². The molecule has 0 bridgehead atoms. The first-order valence-electron chi connectivity index (χ1n) is 11.6. The van der Waals surface area contributed by atoms with E-state index in [-0.39, 0.29) is 11.0 Å². The van der Waals surface area contributed by atoms with Gasteiger partial charge in [-0.15, -0.1) is 0 Å². The number of fused-ring (bicyclic) bond motifs is 2. The molecule has 0 unspecified atom stereocenters. The zero-order valence-corrected chi connectivity index (χ0v) is 20.2. The lowest BCUT2D eigenvalue weighted by atomic mass is 10.0. The molecule has 1 N–H and O–H groups in total. The zero-order valence-electron chi connectivity index (χ0n) is 20.2. The predicted octanol–water partition coefficient (Wildman–Crippen LogP) is 6.46. The number of aliphatic carboxylic acids is 1. The van der Waals surface area contributed by atoms with E-state index in [2.05, 4.69) is 5.16 Å². The lowest BCUT2D eigenvalue weighted by molar-refractivity contribution is -0.152. The summed E-state index contributed by atoms with van der Waals surface area (Å²) in [5, 5.41) is 13.4. The van der Waals surface area contributed by atoms with Crippen molar-refractivity contribution in [3.63, 3.8) is 0 Å². The number of carboxylic acids is 1. The molecule has 0 saturated carbocycles. The molecule has 4 aromatic rings. The number of aryl methyl sites for hydroxylation is 2. The maximum Gasteiger partial charge on any atom is 0.437 e. The number of halogens is 3. The average molecular weight is 505 g/mol. The minimum atomic E-state index is -4.59. The highest BCUT2D eigenvalue weighted by Crippen LogP contribution is 2.38. The molecule has 0 fully saturated rings. The highest BCUT2D eigenvalue weighted by atomic mass is 19.4. The summed E-state index contributed by atoms with van der Waals surface area (Å²) in [6.07, 6.45) is -0.789. The van der Waals surface area contributed by atoms with Crippen LogP contribution in [-0.2, 0) is 23.9 Å². The first-order chi connectivity index (χ1) is 17.0. The number of rotatable bonds is 10. The molecule has 0 atom stereocenters. The summed E-state index contributed by atoms with van der Waals surface area (Å²) in [5.41, 5.74) is -0.706. The molecule has 36 heavy (non-hydrogen) atoms. The summed E-state index contributed by atoms with van der Waals surface area (Å²) < 4.78 is 58.3. The standard InChI is InChI=1S/C26H27F3N2O5/c1-4-6-18-21(10-8-19-22(18)36-30-23(19)26(27,28)29)34-14-5-12-31-13-11-16-15-17(7-9-20(16)31)35-25(2,3)24(32)33/h7-11,13,15H,4-6,12,14H2,1-3H3,(H,32,33). The number of benzene rings is 2. The van der Waals surface area contributed by atoms with Crippen LogP contribution in [0.5, 0.6) is 11.5 Å². The summed E-state index contributed by atoms with van der Waals surface area (Å²) in [5.74, 6) is -0.0872. The van der Waals surface area contributed by atoms with Gasteiger partial charge in [0.05, 0.1) is 12.0 Å². The Morgan fingerprint density at radius 3 is 2.64 bits per heavy atom. The highest BCUT2D eigenvalue weighted by Gasteiger charge is 2.37. The van der Waals surface area contributed by atoms with Crippen LogP contribution in [0, 0.1) is 0 Å². The Hall–Kier alpha value is -3.69. The molecule has 7 nitrogen and oxygen atoms in total. The Labute approximate surface area is 205 Å². The van der Waals surface area contributed by atoms with Crippen molar-refractivity contribution in [2.24, 2.45) is 0 Å². The van der Waals surface area contributed by atoms with Gasteiger partial charge in [-0.2, -0.15) is 13.2 Å². The van der Waals surface area contributed by atoms with E-state index in [9.17, 15) is 23.1 Å². The Kier molecular flexibility index (Phi) is 6.88. The molecule has 0 saturated heterocycles. The van der Waals surface area contributed by atoms with E-state index >= 15 is 0 Å². The van der Waals surface area contributed by atoms with Crippen molar-refractivity contribution in [3.8, 4) is 11.5 Å². The highest BCUT2D eigenvalue weighted by molar-refractivity contribution is 5.85. The molecule has 2 heterocycles. The van der Waals surface area contributed by atoms with Crippen LogP contribution >= 0.6 is 0 Å². The van der Waals surface area contributed by atoms with E-state index in [0.717, 1.165) is 10.9 Å². The Morgan fingerprint density at radius 1 is 1.17 bits per heavy atom. The number of carbonyl (C=O) groups is 1. The Morgan fingerprint density at radius 2 is 1.94 bits per heavy atom. The van der Waals surface area contributed by atoms with E-state index < -0.39 is 23.4 Å². The third kappa shape index (κ3) is 5.12. The number of ether oxygens (including phenoxy) is 2. The molecule has 2 aromatic heterocycles. The lowest BCUT2D eigenvalue weighted by Gasteiger charge is -2.21. The van der Waals surface area contributed by atoms with Crippen molar-refractivity contribution in [1.82, 2.24) is 9.72 Å². The van der Waals surface area contributed by atoms with Crippen molar-refractivity contribution in [2.45, 2.75) is 58.4 Å². The Balaban J connectivity index is 1.43. The van der Waals surface area contributed by atoms with Gasteiger partial charge in [0, 0.05) is 29.2 Å². The van der Waals surface area contributed by atoms with Gasteiger partial charge in [-0.25, -0.2) is 4.79 Å². The maximum atomic E-state index is 13.2. The third-order valence-electron chi connectivity index (χ3n) is 5.90. The minimum absolute atomic E-state index is 0.0628. The molecular formula is C26H27F3N2O5. The molecule has 0 amide bonds. The number of nitrogens with zero attached hydrogens (tertiary/aromatic N) is 2. The van der Waals surface area contributed by atoms with Gasteiger partial charge in [0.1, 0.15) is 11.5 Å². The average Bonchev–Trinajstić information content (AvgIpc) is 3.41. The van der Waals surface area contributed by atoms with Crippen molar-refractivity contribution >= 4 is 27.8 Å². The summed E-state index contributed by atoms with van der Waals surface area (Å²) in [6, 6.07) is 10.2. The minimum Gasteiger partial charge on any atom is -0.493 e. The number of hydrogen-bond donors (Lipinski definition) is 1. The molecule has 10 heteroatoms.